The summed E-state index contributed by atoms with van der Waals surface area (Å²) in [6, 6.07) is 36.4. The van der Waals surface area contributed by atoms with Gasteiger partial charge in [-0.1, -0.05) is 84.9 Å². The SMILES string of the molecule is S=C(N=Nc1ccc(-c2ccccc2)cc1)NNc1ccc(-c2ccccc2)cc1. The van der Waals surface area contributed by atoms with Crippen molar-refractivity contribution in [2.24, 2.45) is 10.2 Å². The second-order valence-corrected chi connectivity index (χ2v) is 7.00. The van der Waals surface area contributed by atoms with E-state index >= 15 is 0 Å². The van der Waals surface area contributed by atoms with Gasteiger partial charge in [-0.3, -0.25) is 10.9 Å². The smallest absolute Gasteiger partial charge is 0.232 e. The predicted octanol–water partition coefficient (Wildman–Crippen LogP) is 7.01. The molecule has 4 aromatic carbocycles. The van der Waals surface area contributed by atoms with Crippen molar-refractivity contribution in [3.05, 3.63) is 109 Å². The molecule has 0 spiro atoms. The number of hydrogen-bond acceptors (Lipinski definition) is 3. The van der Waals surface area contributed by atoms with E-state index < -0.39 is 0 Å². The highest BCUT2D eigenvalue weighted by atomic mass is 32.1. The molecule has 0 aliphatic heterocycles. The van der Waals surface area contributed by atoms with Crippen molar-refractivity contribution in [2.45, 2.75) is 0 Å². The van der Waals surface area contributed by atoms with Crippen LogP contribution in [0.4, 0.5) is 11.4 Å². The molecule has 0 atom stereocenters. The van der Waals surface area contributed by atoms with Crippen LogP contribution in [-0.4, -0.2) is 5.11 Å². The Balaban J connectivity index is 1.31. The molecule has 4 aromatic rings. The Hall–Kier alpha value is -3.83. The van der Waals surface area contributed by atoms with Gasteiger partial charge in [-0.15, -0.1) is 10.2 Å². The van der Waals surface area contributed by atoms with Crippen LogP contribution in [-0.2, 0) is 0 Å². The standard InChI is InChI=1S/C25H20N4S/c30-25(28-26-23-15-11-21(12-16-23)19-7-3-1-4-8-19)29-27-24-17-13-22(14-18-24)20-9-5-2-6-10-20/h1-18,26H,(H,28,30). The van der Waals surface area contributed by atoms with Crippen molar-refractivity contribution >= 4 is 28.7 Å². The lowest BCUT2D eigenvalue weighted by atomic mass is 10.1. The highest BCUT2D eigenvalue weighted by Crippen LogP contribution is 2.23. The Bertz CT molecular complexity index is 1120. The molecule has 5 heteroatoms. The molecule has 0 saturated heterocycles. The molecule has 4 nitrogen and oxygen atoms in total. The van der Waals surface area contributed by atoms with Gasteiger partial charge in [0, 0.05) is 0 Å². The predicted molar refractivity (Wildman–Crippen MR) is 128 cm³/mol. The quantitative estimate of drug-likeness (QED) is 0.212. The molecule has 0 saturated carbocycles. The molecule has 0 heterocycles. The molecule has 0 radical (unpaired) electrons. The van der Waals surface area contributed by atoms with E-state index in [0.717, 1.165) is 22.5 Å². The van der Waals surface area contributed by atoms with E-state index in [4.69, 9.17) is 12.2 Å². The first-order valence-electron chi connectivity index (χ1n) is 9.57. The summed E-state index contributed by atoms with van der Waals surface area (Å²) in [6.07, 6.45) is 0. The van der Waals surface area contributed by atoms with Crippen molar-refractivity contribution in [3.8, 4) is 22.3 Å². The summed E-state index contributed by atoms with van der Waals surface area (Å²) in [5.41, 5.74) is 12.2. The van der Waals surface area contributed by atoms with Gasteiger partial charge in [0.25, 0.3) is 0 Å². The van der Waals surface area contributed by atoms with E-state index in [0.29, 0.717) is 0 Å². The number of hydrogen-bond donors (Lipinski definition) is 2. The summed E-state index contributed by atoms with van der Waals surface area (Å²) in [6.45, 7) is 0. The van der Waals surface area contributed by atoms with Crippen LogP contribution in [0.25, 0.3) is 22.3 Å². The van der Waals surface area contributed by atoms with Gasteiger partial charge < -0.3 is 0 Å². The van der Waals surface area contributed by atoms with Crippen molar-refractivity contribution in [1.29, 1.82) is 0 Å². The summed E-state index contributed by atoms with van der Waals surface area (Å²) in [4.78, 5) is 0. The van der Waals surface area contributed by atoms with Gasteiger partial charge in [0.2, 0.25) is 5.11 Å². The third-order valence-electron chi connectivity index (χ3n) is 4.54. The van der Waals surface area contributed by atoms with Gasteiger partial charge in [-0.2, -0.15) is 0 Å². The van der Waals surface area contributed by atoms with Crippen LogP contribution in [0.15, 0.2) is 119 Å². The first kappa shape index (κ1) is 19.5. The lowest BCUT2D eigenvalue weighted by Gasteiger charge is -2.08. The summed E-state index contributed by atoms with van der Waals surface area (Å²) in [7, 11) is 0. The fraction of sp³-hybridized carbons (Fsp3) is 0. The lowest BCUT2D eigenvalue weighted by molar-refractivity contribution is 1.10. The Morgan fingerprint density at radius 3 is 1.57 bits per heavy atom. The number of rotatable bonds is 5. The summed E-state index contributed by atoms with van der Waals surface area (Å²) in [5.74, 6) is 0. The monoisotopic (exact) mass is 408 g/mol. The molecular formula is C25H20N4S. The summed E-state index contributed by atoms with van der Waals surface area (Å²) < 4.78 is 0. The Kier molecular flexibility index (Phi) is 6.22. The number of nitrogens with zero attached hydrogens (tertiary/aromatic N) is 2. The molecule has 4 rings (SSSR count). The maximum Gasteiger partial charge on any atom is 0.232 e. The molecule has 0 aliphatic carbocycles. The summed E-state index contributed by atoms with van der Waals surface area (Å²) >= 11 is 5.22. The maximum absolute atomic E-state index is 5.22. The van der Waals surface area contributed by atoms with Gasteiger partial charge in [-0.25, -0.2) is 0 Å². The third kappa shape index (κ3) is 5.16. The minimum atomic E-state index is 0.259. The minimum absolute atomic E-state index is 0.259. The Morgan fingerprint density at radius 2 is 1.03 bits per heavy atom. The van der Waals surface area contributed by atoms with Crippen LogP contribution in [0.3, 0.4) is 0 Å². The van der Waals surface area contributed by atoms with Gasteiger partial charge in [-0.05, 0) is 58.7 Å². The van der Waals surface area contributed by atoms with E-state index in [9.17, 15) is 0 Å². The topological polar surface area (TPSA) is 48.8 Å². The second-order valence-electron chi connectivity index (χ2n) is 6.61. The van der Waals surface area contributed by atoms with Gasteiger partial charge >= 0.3 is 0 Å². The van der Waals surface area contributed by atoms with E-state index in [-0.39, 0.29) is 5.11 Å². The van der Waals surface area contributed by atoms with Gasteiger partial charge in [0.1, 0.15) is 0 Å². The number of anilines is 1. The Labute approximate surface area is 181 Å². The van der Waals surface area contributed by atoms with Crippen LogP contribution in [0, 0.1) is 0 Å². The Morgan fingerprint density at radius 1 is 0.567 bits per heavy atom. The zero-order valence-electron chi connectivity index (χ0n) is 16.2. The van der Waals surface area contributed by atoms with Crippen molar-refractivity contribution in [3.63, 3.8) is 0 Å². The molecule has 2 N–H and O–H groups in total. The van der Waals surface area contributed by atoms with E-state index in [1.165, 1.54) is 11.1 Å². The van der Waals surface area contributed by atoms with E-state index in [2.05, 4.69) is 57.5 Å². The van der Waals surface area contributed by atoms with Crippen LogP contribution >= 0.6 is 12.2 Å². The average molecular weight is 409 g/mol. The number of nitrogens with one attached hydrogen (secondary N) is 2. The largest absolute Gasteiger partial charge is 0.299 e. The van der Waals surface area contributed by atoms with E-state index in [1.54, 1.807) is 0 Å². The molecule has 0 amide bonds. The van der Waals surface area contributed by atoms with Crippen LogP contribution in [0.5, 0.6) is 0 Å². The first-order chi connectivity index (χ1) is 14.8. The fourth-order valence-electron chi connectivity index (χ4n) is 2.98. The number of thiocarbonyl (C=S) groups is 1. The molecule has 0 bridgehead atoms. The lowest BCUT2D eigenvalue weighted by Crippen LogP contribution is -2.25. The molecule has 0 unspecified atom stereocenters. The maximum atomic E-state index is 5.22. The van der Waals surface area contributed by atoms with E-state index in [1.807, 2.05) is 72.8 Å². The van der Waals surface area contributed by atoms with Crippen LogP contribution in [0.1, 0.15) is 0 Å². The zero-order valence-corrected chi connectivity index (χ0v) is 17.0. The molecule has 0 fully saturated rings. The minimum Gasteiger partial charge on any atom is -0.299 e. The highest BCUT2D eigenvalue weighted by molar-refractivity contribution is 7.80. The molecule has 30 heavy (non-hydrogen) atoms. The van der Waals surface area contributed by atoms with Gasteiger partial charge in [0.15, 0.2) is 0 Å². The first-order valence-corrected chi connectivity index (χ1v) is 9.97. The van der Waals surface area contributed by atoms with Crippen molar-refractivity contribution in [2.75, 3.05) is 5.43 Å². The molecule has 0 aromatic heterocycles. The second kappa shape index (κ2) is 9.58. The fourth-order valence-corrected chi connectivity index (χ4v) is 3.07. The number of benzene rings is 4. The van der Waals surface area contributed by atoms with Gasteiger partial charge in [0.05, 0.1) is 11.4 Å². The molecular weight excluding hydrogens is 388 g/mol. The zero-order chi connectivity index (χ0) is 20.6. The summed E-state index contributed by atoms with van der Waals surface area (Å²) in [5, 5.41) is 8.51. The average Bonchev–Trinajstić information content (AvgIpc) is 2.83. The molecule has 146 valence electrons. The van der Waals surface area contributed by atoms with Crippen molar-refractivity contribution in [1.82, 2.24) is 5.43 Å². The van der Waals surface area contributed by atoms with Crippen molar-refractivity contribution < 1.29 is 0 Å². The van der Waals surface area contributed by atoms with Crippen LogP contribution in [0.2, 0.25) is 0 Å². The number of hydrazine groups is 1. The normalized spacial score (nSPS) is 10.7. The third-order valence-corrected chi connectivity index (χ3v) is 4.72. The van der Waals surface area contributed by atoms with Crippen LogP contribution < -0.4 is 10.9 Å². The molecule has 0 aliphatic rings. The highest BCUT2D eigenvalue weighted by Gasteiger charge is 1.99. The number of azo groups is 1.